The van der Waals surface area contributed by atoms with Crippen molar-refractivity contribution in [2.45, 2.75) is 38.8 Å². The summed E-state index contributed by atoms with van der Waals surface area (Å²) in [4.78, 5) is 30.8. The number of para-hydroxylation sites is 2. The molecule has 2 aliphatic rings. The maximum absolute atomic E-state index is 13.0. The predicted octanol–water partition coefficient (Wildman–Crippen LogP) is 1.45. The molecule has 1 heterocycles. The Bertz CT molecular complexity index is 892. The van der Waals surface area contributed by atoms with Gasteiger partial charge >= 0.3 is 0 Å². The Labute approximate surface area is 139 Å². The van der Waals surface area contributed by atoms with E-state index < -0.39 is 0 Å². The number of rotatable bonds is 5. The fraction of sp³-hybridized carbons (Fsp3) is 0.500. The molecule has 24 heavy (non-hydrogen) atoms. The highest BCUT2D eigenvalue weighted by atomic mass is 16.6. The minimum atomic E-state index is -0.362. The zero-order valence-electron chi connectivity index (χ0n) is 13.8. The molecular weight excluding hydrogens is 306 g/mol. The second-order valence-corrected chi connectivity index (χ2v) is 6.83. The van der Waals surface area contributed by atoms with Crippen molar-refractivity contribution in [3.63, 3.8) is 0 Å². The van der Waals surface area contributed by atoms with Crippen LogP contribution in [-0.2, 0) is 17.9 Å². The monoisotopic (exact) mass is 327 g/mol. The predicted molar refractivity (Wildman–Crippen MR) is 90.5 cm³/mol. The van der Waals surface area contributed by atoms with Crippen molar-refractivity contribution in [1.29, 1.82) is 0 Å². The van der Waals surface area contributed by atoms with E-state index in [4.69, 9.17) is 4.84 Å². The van der Waals surface area contributed by atoms with Crippen molar-refractivity contribution in [2.24, 2.45) is 17.0 Å². The van der Waals surface area contributed by atoms with Crippen LogP contribution in [0.3, 0.4) is 0 Å². The van der Waals surface area contributed by atoms with Gasteiger partial charge in [-0.05, 0) is 49.7 Å². The summed E-state index contributed by atoms with van der Waals surface area (Å²) in [6.45, 7) is 1.26. The average molecular weight is 327 g/mol. The Morgan fingerprint density at radius 2 is 1.42 bits per heavy atom. The summed E-state index contributed by atoms with van der Waals surface area (Å²) in [6, 6.07) is 7.64. The summed E-state index contributed by atoms with van der Waals surface area (Å²) in [5.74, 6) is 1.02. The molecule has 0 bridgehead atoms. The second kappa shape index (κ2) is 5.92. The standard InChI is InChI=1S/C18H21N3O3/c1-24-19-16-17(22)20(10-12-6-7-12)14-4-2-3-5-15(14)21(18(16)23)11-13-8-9-13/h2-5,12-13H,6-11H2,1H3. The van der Waals surface area contributed by atoms with Crippen molar-refractivity contribution in [2.75, 3.05) is 7.11 Å². The van der Waals surface area contributed by atoms with E-state index in [-0.39, 0.29) is 16.5 Å². The number of aromatic nitrogens is 2. The molecule has 2 aromatic rings. The highest BCUT2D eigenvalue weighted by Gasteiger charge is 2.26. The lowest BCUT2D eigenvalue weighted by molar-refractivity contribution is 0.198. The molecule has 2 saturated carbocycles. The summed E-state index contributed by atoms with van der Waals surface area (Å²) in [5, 5.41) is 3.65. The van der Waals surface area contributed by atoms with Gasteiger partial charge in [-0.25, -0.2) is 0 Å². The van der Waals surface area contributed by atoms with Crippen molar-refractivity contribution in [3.05, 3.63) is 50.3 Å². The summed E-state index contributed by atoms with van der Waals surface area (Å²) in [5.41, 5.74) is 0.869. The van der Waals surface area contributed by atoms with Crippen LogP contribution < -0.4 is 16.5 Å². The lowest BCUT2D eigenvalue weighted by atomic mass is 10.2. The minimum Gasteiger partial charge on any atom is -0.398 e. The Kier molecular flexibility index (Phi) is 3.75. The molecule has 0 aliphatic heterocycles. The van der Waals surface area contributed by atoms with E-state index >= 15 is 0 Å². The fourth-order valence-corrected chi connectivity index (χ4v) is 3.14. The molecule has 0 radical (unpaired) electrons. The minimum absolute atomic E-state index is 0.130. The zero-order valence-corrected chi connectivity index (χ0v) is 13.8. The molecule has 0 atom stereocenters. The van der Waals surface area contributed by atoms with Gasteiger partial charge in [0.2, 0.25) is 5.36 Å². The second-order valence-electron chi connectivity index (χ2n) is 6.83. The first-order valence-corrected chi connectivity index (χ1v) is 8.53. The Hall–Kier alpha value is -2.37. The van der Waals surface area contributed by atoms with E-state index in [1.807, 2.05) is 24.3 Å². The first-order valence-electron chi connectivity index (χ1n) is 8.53. The molecule has 1 aromatic heterocycles. The van der Waals surface area contributed by atoms with Crippen LogP contribution in [-0.4, -0.2) is 16.2 Å². The van der Waals surface area contributed by atoms with Crippen LogP contribution in [0, 0.1) is 11.8 Å². The van der Waals surface area contributed by atoms with Crippen LogP contribution >= 0.6 is 0 Å². The quantitative estimate of drug-likeness (QED) is 0.781. The molecule has 6 nitrogen and oxygen atoms in total. The topological polar surface area (TPSA) is 65.6 Å². The van der Waals surface area contributed by atoms with Gasteiger partial charge in [-0.2, -0.15) is 0 Å². The van der Waals surface area contributed by atoms with Crippen LogP contribution in [0.4, 0.5) is 0 Å². The van der Waals surface area contributed by atoms with Gasteiger partial charge in [0.05, 0.1) is 11.0 Å². The highest BCUT2D eigenvalue weighted by Crippen LogP contribution is 2.32. The molecule has 0 saturated heterocycles. The Morgan fingerprint density at radius 1 is 0.958 bits per heavy atom. The van der Waals surface area contributed by atoms with Crippen LogP contribution in [0.1, 0.15) is 25.7 Å². The maximum atomic E-state index is 13.0. The van der Waals surface area contributed by atoms with Crippen molar-refractivity contribution in [1.82, 2.24) is 9.13 Å². The molecule has 1 aromatic carbocycles. The van der Waals surface area contributed by atoms with E-state index in [0.717, 1.165) is 36.7 Å². The molecule has 6 heteroatoms. The van der Waals surface area contributed by atoms with Crippen LogP contribution in [0.2, 0.25) is 0 Å². The van der Waals surface area contributed by atoms with Crippen LogP contribution in [0.5, 0.6) is 0 Å². The zero-order chi connectivity index (χ0) is 16.7. The maximum Gasteiger partial charge on any atom is 0.286 e. The van der Waals surface area contributed by atoms with Gasteiger partial charge in [0.15, 0.2) is 0 Å². The molecule has 4 rings (SSSR count). The molecule has 0 amide bonds. The smallest absolute Gasteiger partial charge is 0.286 e. The molecule has 0 N–H and O–H groups in total. The number of benzene rings is 1. The first-order chi connectivity index (χ1) is 11.7. The lowest BCUT2D eigenvalue weighted by Crippen LogP contribution is -2.45. The summed E-state index contributed by atoms with van der Waals surface area (Å²) >= 11 is 0. The van der Waals surface area contributed by atoms with E-state index in [0.29, 0.717) is 24.9 Å². The SMILES string of the molecule is CON=c1c(=O)n(CC2CC2)c2ccccc2n(CC2CC2)c1=O. The van der Waals surface area contributed by atoms with E-state index in [1.54, 1.807) is 9.13 Å². The van der Waals surface area contributed by atoms with Gasteiger partial charge in [0.25, 0.3) is 11.1 Å². The summed E-state index contributed by atoms with van der Waals surface area (Å²) < 4.78 is 3.41. The number of nitrogens with zero attached hydrogens (tertiary/aromatic N) is 3. The molecule has 0 spiro atoms. The Morgan fingerprint density at radius 3 is 1.79 bits per heavy atom. The van der Waals surface area contributed by atoms with E-state index in [9.17, 15) is 9.59 Å². The molecular formula is C18H21N3O3. The number of hydrogen-bond acceptors (Lipinski definition) is 4. The van der Waals surface area contributed by atoms with Crippen molar-refractivity contribution >= 4 is 11.0 Å². The summed E-state index contributed by atoms with van der Waals surface area (Å²) in [7, 11) is 1.36. The third-order valence-corrected chi connectivity index (χ3v) is 4.82. The molecule has 2 aliphatic carbocycles. The summed E-state index contributed by atoms with van der Waals surface area (Å²) in [6.07, 6.45) is 4.51. The third kappa shape index (κ3) is 2.77. The molecule has 0 unspecified atom stereocenters. The third-order valence-electron chi connectivity index (χ3n) is 4.82. The largest absolute Gasteiger partial charge is 0.398 e. The molecule has 2 fully saturated rings. The average Bonchev–Trinajstić information content (AvgIpc) is 3.49. The van der Waals surface area contributed by atoms with Gasteiger partial charge in [-0.15, -0.1) is 0 Å². The van der Waals surface area contributed by atoms with Crippen LogP contribution in [0.15, 0.2) is 39.0 Å². The van der Waals surface area contributed by atoms with Gasteiger partial charge in [-0.3, -0.25) is 9.59 Å². The highest BCUT2D eigenvalue weighted by molar-refractivity contribution is 5.74. The fourth-order valence-electron chi connectivity index (χ4n) is 3.14. The van der Waals surface area contributed by atoms with Gasteiger partial charge in [0, 0.05) is 13.1 Å². The van der Waals surface area contributed by atoms with E-state index in [1.165, 1.54) is 7.11 Å². The van der Waals surface area contributed by atoms with Crippen LogP contribution in [0.25, 0.3) is 11.0 Å². The molecule has 126 valence electrons. The van der Waals surface area contributed by atoms with Crippen molar-refractivity contribution < 1.29 is 4.84 Å². The van der Waals surface area contributed by atoms with Gasteiger partial charge < -0.3 is 14.0 Å². The van der Waals surface area contributed by atoms with Crippen molar-refractivity contribution in [3.8, 4) is 0 Å². The van der Waals surface area contributed by atoms with Gasteiger partial charge in [0.1, 0.15) is 7.11 Å². The normalized spacial score (nSPS) is 17.0. The van der Waals surface area contributed by atoms with Gasteiger partial charge in [-0.1, -0.05) is 17.3 Å². The lowest BCUT2D eigenvalue weighted by Gasteiger charge is -2.08. The number of fused-ring (bicyclic) bond motifs is 1. The Balaban J connectivity index is 2.12. The number of hydrogen-bond donors (Lipinski definition) is 0. The first kappa shape index (κ1) is 15.2. The van der Waals surface area contributed by atoms with E-state index in [2.05, 4.69) is 5.16 Å².